The van der Waals surface area contributed by atoms with Crippen molar-refractivity contribution in [3.63, 3.8) is 0 Å². The van der Waals surface area contributed by atoms with Crippen molar-refractivity contribution in [1.29, 1.82) is 0 Å². The molecule has 4 rings (SSSR count). The lowest BCUT2D eigenvalue weighted by Crippen LogP contribution is -2.41. The highest BCUT2D eigenvalue weighted by Crippen LogP contribution is 2.34. The van der Waals surface area contributed by atoms with Gasteiger partial charge in [0.25, 0.3) is 5.91 Å². The third-order valence-electron chi connectivity index (χ3n) is 4.91. The van der Waals surface area contributed by atoms with Crippen LogP contribution in [0.3, 0.4) is 0 Å². The Labute approximate surface area is 180 Å². The second kappa shape index (κ2) is 8.83. The number of nitrogens with zero attached hydrogens (tertiary/aromatic N) is 3. The fraction of sp³-hybridized carbons (Fsp3) is 0.304. The van der Waals surface area contributed by atoms with Crippen LogP contribution >= 0.6 is 11.8 Å². The lowest BCUT2D eigenvalue weighted by atomic mass is 10.0. The lowest BCUT2D eigenvalue weighted by Gasteiger charge is -2.25. The van der Waals surface area contributed by atoms with Crippen LogP contribution in [0.25, 0.3) is 0 Å². The number of thioether (sulfide) groups is 1. The van der Waals surface area contributed by atoms with Gasteiger partial charge in [-0.1, -0.05) is 68.1 Å². The number of hydrogen-bond acceptors (Lipinski definition) is 5. The zero-order valence-corrected chi connectivity index (χ0v) is 17.9. The van der Waals surface area contributed by atoms with Crippen molar-refractivity contribution in [2.45, 2.75) is 32.9 Å². The maximum Gasteiger partial charge on any atom is 0.259 e. The fourth-order valence-corrected chi connectivity index (χ4v) is 4.31. The van der Waals surface area contributed by atoms with E-state index in [1.165, 1.54) is 11.8 Å². The number of amides is 2. The average Bonchev–Trinajstić information content (AvgIpc) is 3.07. The van der Waals surface area contributed by atoms with Crippen LogP contribution in [0.4, 0.5) is 5.69 Å². The summed E-state index contributed by atoms with van der Waals surface area (Å²) in [6.45, 7) is 4.64. The molecule has 0 spiro atoms. The second-order valence-corrected chi connectivity index (χ2v) is 8.68. The first-order valence-electron chi connectivity index (χ1n) is 10.1. The van der Waals surface area contributed by atoms with E-state index in [2.05, 4.69) is 24.2 Å². The Balaban J connectivity index is 1.49. The molecule has 154 valence electrons. The van der Waals surface area contributed by atoms with Crippen molar-refractivity contribution in [2.75, 3.05) is 5.75 Å². The minimum Gasteiger partial charge on any atom is -0.351 e. The highest BCUT2D eigenvalue weighted by molar-refractivity contribution is 8.14. The lowest BCUT2D eigenvalue weighted by molar-refractivity contribution is -0.125. The van der Waals surface area contributed by atoms with Crippen molar-refractivity contribution in [2.24, 2.45) is 15.9 Å². The van der Waals surface area contributed by atoms with E-state index >= 15 is 0 Å². The zero-order chi connectivity index (χ0) is 21.1. The number of aliphatic imine (C=N–C) groups is 2. The van der Waals surface area contributed by atoms with Gasteiger partial charge in [0.05, 0.1) is 11.4 Å². The summed E-state index contributed by atoms with van der Waals surface area (Å²) in [5, 5.41) is 3.43. The predicted molar refractivity (Wildman–Crippen MR) is 121 cm³/mol. The monoisotopic (exact) mass is 420 g/mol. The molecule has 2 aliphatic rings. The van der Waals surface area contributed by atoms with Gasteiger partial charge in [0.15, 0.2) is 5.17 Å². The summed E-state index contributed by atoms with van der Waals surface area (Å²) < 4.78 is 0. The highest BCUT2D eigenvalue weighted by Gasteiger charge is 2.41. The van der Waals surface area contributed by atoms with Crippen LogP contribution < -0.4 is 5.32 Å². The Kier molecular flexibility index (Phi) is 5.99. The molecule has 0 saturated heterocycles. The number of rotatable bonds is 6. The molecule has 7 heteroatoms. The predicted octanol–water partition coefficient (Wildman–Crippen LogP) is 3.74. The van der Waals surface area contributed by atoms with Crippen LogP contribution in [-0.2, 0) is 16.1 Å². The van der Waals surface area contributed by atoms with Crippen molar-refractivity contribution < 1.29 is 9.59 Å². The number of nitrogens with one attached hydrogen (secondary N) is 1. The molecular formula is C23H24N4O2S. The molecule has 6 nitrogen and oxygen atoms in total. The molecule has 1 N–H and O–H groups in total. The van der Waals surface area contributed by atoms with E-state index in [0.717, 1.165) is 16.8 Å². The minimum absolute atomic E-state index is 0.0656. The maximum atomic E-state index is 13.1. The minimum atomic E-state index is -0.399. The van der Waals surface area contributed by atoms with Crippen LogP contribution in [0.15, 0.2) is 64.6 Å². The van der Waals surface area contributed by atoms with E-state index in [-0.39, 0.29) is 17.6 Å². The van der Waals surface area contributed by atoms with Gasteiger partial charge in [0.1, 0.15) is 11.9 Å². The number of amidine groups is 2. The van der Waals surface area contributed by atoms with E-state index in [1.54, 1.807) is 4.90 Å². The normalized spacial score (nSPS) is 17.4. The summed E-state index contributed by atoms with van der Waals surface area (Å²) in [5.41, 5.74) is 2.67. The molecule has 0 bridgehead atoms. The fourth-order valence-electron chi connectivity index (χ4n) is 3.48. The zero-order valence-electron chi connectivity index (χ0n) is 17.0. The topological polar surface area (TPSA) is 74.1 Å². The molecule has 0 radical (unpaired) electrons. The first-order valence-corrected chi connectivity index (χ1v) is 11.0. The Hall–Kier alpha value is -2.93. The number of carbonyl (C=O) groups is 2. The van der Waals surface area contributed by atoms with Gasteiger partial charge < -0.3 is 5.32 Å². The van der Waals surface area contributed by atoms with E-state index in [4.69, 9.17) is 4.99 Å². The van der Waals surface area contributed by atoms with Gasteiger partial charge in [-0.25, -0.2) is 9.89 Å². The second-order valence-electron chi connectivity index (χ2n) is 7.73. The van der Waals surface area contributed by atoms with Crippen molar-refractivity contribution in [3.8, 4) is 0 Å². The van der Waals surface area contributed by atoms with Gasteiger partial charge in [-0.3, -0.25) is 14.6 Å². The van der Waals surface area contributed by atoms with Crippen LogP contribution in [0.1, 0.15) is 31.4 Å². The summed E-state index contributed by atoms with van der Waals surface area (Å²) >= 11 is 1.27. The van der Waals surface area contributed by atoms with Crippen molar-refractivity contribution >= 4 is 40.3 Å². The first-order chi connectivity index (χ1) is 14.5. The van der Waals surface area contributed by atoms with Gasteiger partial charge in [0.2, 0.25) is 5.91 Å². The molecule has 2 aromatic rings. The molecule has 2 aliphatic heterocycles. The summed E-state index contributed by atoms with van der Waals surface area (Å²) in [6, 6.07) is 17.0. The number of benzene rings is 2. The number of carbonyl (C=O) groups excluding carboxylic acids is 2. The van der Waals surface area contributed by atoms with Gasteiger partial charge in [-0.15, -0.1) is 0 Å². The van der Waals surface area contributed by atoms with E-state index in [1.807, 2.05) is 54.6 Å². The Morgan fingerprint density at radius 1 is 1.13 bits per heavy atom. The van der Waals surface area contributed by atoms with Crippen LogP contribution in [-0.4, -0.2) is 39.5 Å². The highest BCUT2D eigenvalue weighted by atomic mass is 32.2. The molecule has 0 fully saturated rings. The summed E-state index contributed by atoms with van der Waals surface area (Å²) in [5.74, 6) is 1.01. The van der Waals surface area contributed by atoms with Crippen molar-refractivity contribution in [1.82, 2.24) is 10.2 Å². The molecule has 2 aromatic carbocycles. The first kappa shape index (κ1) is 20.3. The smallest absolute Gasteiger partial charge is 0.259 e. The van der Waals surface area contributed by atoms with Crippen molar-refractivity contribution in [3.05, 3.63) is 65.7 Å². The molecule has 30 heavy (non-hydrogen) atoms. The largest absolute Gasteiger partial charge is 0.351 e. The molecule has 2 amide bonds. The summed E-state index contributed by atoms with van der Waals surface area (Å²) in [6.07, 6.45) is 0.691. The number of para-hydroxylation sites is 1. The molecule has 0 aromatic heterocycles. The molecule has 0 saturated carbocycles. The quantitative estimate of drug-likeness (QED) is 0.774. The van der Waals surface area contributed by atoms with Crippen LogP contribution in [0, 0.1) is 5.92 Å². The Bertz CT molecular complexity index is 1020. The molecule has 2 heterocycles. The van der Waals surface area contributed by atoms with Crippen LogP contribution in [0.2, 0.25) is 0 Å². The average molecular weight is 421 g/mol. The maximum absolute atomic E-state index is 13.1. The van der Waals surface area contributed by atoms with Crippen LogP contribution in [0.5, 0.6) is 0 Å². The van der Waals surface area contributed by atoms with Gasteiger partial charge in [-0.05, 0) is 30.0 Å². The summed E-state index contributed by atoms with van der Waals surface area (Å²) in [7, 11) is 0. The van der Waals surface area contributed by atoms with E-state index in [9.17, 15) is 9.59 Å². The molecule has 0 aliphatic carbocycles. The number of fused-ring (bicyclic) bond motifs is 3. The third kappa shape index (κ3) is 4.31. The molecular weight excluding hydrogens is 396 g/mol. The summed E-state index contributed by atoms with van der Waals surface area (Å²) in [4.78, 5) is 36.4. The van der Waals surface area contributed by atoms with Gasteiger partial charge in [-0.2, -0.15) is 0 Å². The molecule has 0 unspecified atom stereocenters. The number of hydrogen-bond donors (Lipinski definition) is 1. The Morgan fingerprint density at radius 3 is 2.63 bits per heavy atom. The van der Waals surface area contributed by atoms with Gasteiger partial charge >= 0.3 is 0 Å². The van der Waals surface area contributed by atoms with E-state index in [0.29, 0.717) is 29.9 Å². The Morgan fingerprint density at radius 2 is 1.87 bits per heavy atom. The van der Waals surface area contributed by atoms with Gasteiger partial charge in [0, 0.05) is 12.1 Å². The standard InChI is InChI=1S/C23H24N4O2S/c1-15(2)12-19-22(29)27-21(25-19)17-10-6-7-11-18(17)26-23(27)30-14-20(28)24-13-16-8-4-3-5-9-16/h3-11,15,19H,12-14H2,1-2H3,(H,24,28)/t19-/m1/s1. The third-order valence-corrected chi connectivity index (χ3v) is 5.85. The SMILES string of the molecule is CC(C)C[C@H]1N=C2c3ccccc3N=C(SCC(=O)NCc3ccccc3)N2C1=O. The molecule has 1 atom stereocenters. The van der Waals surface area contributed by atoms with E-state index < -0.39 is 6.04 Å².